The molecule has 11 rings (SSSR count). The fourth-order valence-electron chi connectivity index (χ4n) is 10.9. The van der Waals surface area contributed by atoms with Crippen LogP contribution in [0.4, 0.5) is 0 Å². The summed E-state index contributed by atoms with van der Waals surface area (Å²) < 4.78 is 1.25. The topological polar surface area (TPSA) is 25.8 Å². The summed E-state index contributed by atoms with van der Waals surface area (Å²) in [6, 6.07) is 33.7. The van der Waals surface area contributed by atoms with Gasteiger partial charge in [0.15, 0.2) is 5.82 Å². The van der Waals surface area contributed by atoms with E-state index in [4.69, 9.17) is 9.97 Å². The van der Waals surface area contributed by atoms with Crippen molar-refractivity contribution in [3.63, 3.8) is 0 Å². The normalized spacial score (nSPS) is 20.8. The van der Waals surface area contributed by atoms with Crippen LogP contribution in [0.5, 0.6) is 0 Å². The fourth-order valence-corrected chi connectivity index (χ4v) is 12.0. The lowest BCUT2D eigenvalue weighted by molar-refractivity contribution is 0.241. The quantitative estimate of drug-likeness (QED) is 0.185. The summed E-state index contributed by atoms with van der Waals surface area (Å²) in [7, 11) is 0. The Bertz CT molecular complexity index is 2600. The van der Waals surface area contributed by atoms with E-state index in [9.17, 15) is 0 Å². The van der Waals surface area contributed by atoms with Gasteiger partial charge < -0.3 is 0 Å². The van der Waals surface area contributed by atoms with Crippen LogP contribution < -0.4 is 0 Å². The molecule has 1 fully saturated rings. The molecule has 0 saturated heterocycles. The molecule has 3 heteroatoms. The highest BCUT2D eigenvalue weighted by atomic mass is 32.1. The van der Waals surface area contributed by atoms with E-state index in [-0.39, 0.29) is 10.8 Å². The first-order valence-corrected chi connectivity index (χ1v) is 20.2. The highest BCUT2D eigenvalue weighted by Gasteiger charge is 2.51. The largest absolute Gasteiger partial charge is 0.227 e. The Morgan fingerprint density at radius 1 is 0.750 bits per heavy atom. The second-order valence-corrected chi connectivity index (χ2v) is 17.3. The highest BCUT2D eigenvalue weighted by molar-refractivity contribution is 7.25. The van der Waals surface area contributed by atoms with Crippen LogP contribution in [0.1, 0.15) is 93.0 Å². The number of thiophene rings is 1. The zero-order valence-corrected chi connectivity index (χ0v) is 30.8. The lowest BCUT2D eigenvalue weighted by atomic mass is 9.63. The molecule has 4 aromatic carbocycles. The Morgan fingerprint density at radius 2 is 1.54 bits per heavy atom. The number of fused-ring (bicyclic) bond motifs is 10. The van der Waals surface area contributed by atoms with Gasteiger partial charge in [-0.05, 0) is 107 Å². The van der Waals surface area contributed by atoms with Gasteiger partial charge in [-0.15, -0.1) is 11.3 Å². The van der Waals surface area contributed by atoms with E-state index < -0.39 is 0 Å². The van der Waals surface area contributed by atoms with E-state index in [1.807, 2.05) is 0 Å². The van der Waals surface area contributed by atoms with Crippen LogP contribution in [0.25, 0.3) is 59.7 Å². The van der Waals surface area contributed by atoms with E-state index in [0.29, 0.717) is 5.92 Å². The van der Waals surface area contributed by atoms with Crippen LogP contribution in [-0.4, -0.2) is 9.97 Å². The second-order valence-electron chi connectivity index (χ2n) is 16.3. The van der Waals surface area contributed by atoms with Gasteiger partial charge in [-0.3, -0.25) is 0 Å². The minimum atomic E-state index is -0.000390. The summed E-state index contributed by atoms with van der Waals surface area (Å²) in [6.07, 6.45) is 19.8. The molecule has 1 saturated carbocycles. The summed E-state index contributed by atoms with van der Waals surface area (Å²) in [5.41, 5.74) is 17.0. The number of allylic oxidation sites excluding steroid dienone is 8. The maximum atomic E-state index is 5.35. The first-order chi connectivity index (χ1) is 25.5. The molecule has 1 spiro atoms. The molecule has 0 amide bonds. The number of hydrogen-bond donors (Lipinski definition) is 0. The lowest BCUT2D eigenvalue weighted by Gasteiger charge is -2.40. The Kier molecular flexibility index (Phi) is 6.69. The number of nitrogens with zero attached hydrogens (tertiary/aromatic N) is 2. The fraction of sp³-hybridized carbons (Fsp3) is 0.265. The smallest absolute Gasteiger partial charge is 0.161 e. The van der Waals surface area contributed by atoms with Gasteiger partial charge in [0.05, 0.1) is 5.69 Å². The molecular weight excluding hydrogens is 649 g/mol. The van der Waals surface area contributed by atoms with Crippen LogP contribution >= 0.6 is 11.3 Å². The van der Waals surface area contributed by atoms with Gasteiger partial charge in [-0.2, -0.15) is 0 Å². The monoisotopic (exact) mass is 690 g/mol. The van der Waals surface area contributed by atoms with Gasteiger partial charge in [0.1, 0.15) is 4.83 Å². The van der Waals surface area contributed by atoms with Gasteiger partial charge in [0.25, 0.3) is 0 Å². The number of aromatic nitrogens is 2. The average Bonchev–Trinajstić information content (AvgIpc) is 3.78. The van der Waals surface area contributed by atoms with Crippen molar-refractivity contribution in [2.45, 2.75) is 76.0 Å². The summed E-state index contributed by atoms with van der Waals surface area (Å²) >= 11 is 1.76. The molecule has 5 aliphatic rings. The summed E-state index contributed by atoms with van der Waals surface area (Å²) in [5, 5.41) is 2.38. The predicted octanol–water partition coefficient (Wildman–Crippen LogP) is 13.3. The van der Waals surface area contributed by atoms with Gasteiger partial charge in [-0.25, -0.2) is 9.97 Å². The maximum Gasteiger partial charge on any atom is 0.161 e. The average molecular weight is 691 g/mol. The molecule has 2 aromatic heterocycles. The van der Waals surface area contributed by atoms with Crippen molar-refractivity contribution in [2.75, 3.05) is 0 Å². The molecule has 52 heavy (non-hydrogen) atoms. The Balaban J connectivity index is 1.06. The third-order valence-corrected chi connectivity index (χ3v) is 14.4. The van der Waals surface area contributed by atoms with Crippen molar-refractivity contribution < 1.29 is 0 Å². The number of rotatable bonds is 3. The van der Waals surface area contributed by atoms with Crippen molar-refractivity contribution >= 4 is 48.4 Å². The summed E-state index contributed by atoms with van der Waals surface area (Å²) in [6.45, 7) is 4.97. The maximum absolute atomic E-state index is 5.35. The molecule has 2 heterocycles. The van der Waals surface area contributed by atoms with E-state index in [0.717, 1.165) is 45.7 Å². The van der Waals surface area contributed by atoms with Crippen molar-refractivity contribution in [2.24, 2.45) is 5.92 Å². The van der Waals surface area contributed by atoms with E-state index >= 15 is 0 Å². The molecule has 1 atom stereocenters. The van der Waals surface area contributed by atoms with Crippen molar-refractivity contribution in [3.8, 4) is 22.6 Å². The second kappa shape index (κ2) is 11.3. The van der Waals surface area contributed by atoms with Crippen LogP contribution in [0.15, 0.2) is 121 Å². The molecule has 2 nitrogen and oxygen atoms in total. The third-order valence-electron chi connectivity index (χ3n) is 13.3. The molecule has 1 unspecified atom stereocenters. The molecule has 0 radical (unpaired) electrons. The standard InChI is InChI=1S/C49H42N2S/c1-48(2)39-23-14-21-33(43(39)37-29-41-36(28-40(37)48)34-19-7-9-22-38(34)49(41)25-11-4-12-26-49)31-17-13-18-32(27-31)46-50-45(30-15-5-3-6-16-30)44-35-20-8-10-24-42(35)52-47(44)51-46/h3,5-10,13,15-21,24,27-29,38H,4,11-12,14,22-23,25-26H2,1-2H3. The zero-order chi connectivity index (χ0) is 34.6. The first kappa shape index (κ1) is 30.7. The molecule has 254 valence electrons. The minimum Gasteiger partial charge on any atom is -0.227 e. The number of hydrogen-bond acceptors (Lipinski definition) is 3. The van der Waals surface area contributed by atoms with Crippen molar-refractivity contribution in [3.05, 3.63) is 149 Å². The molecule has 6 aromatic rings. The van der Waals surface area contributed by atoms with Gasteiger partial charge in [-0.1, -0.05) is 130 Å². The van der Waals surface area contributed by atoms with Crippen LogP contribution in [0.2, 0.25) is 0 Å². The van der Waals surface area contributed by atoms with Crippen molar-refractivity contribution in [1.29, 1.82) is 0 Å². The predicted molar refractivity (Wildman–Crippen MR) is 219 cm³/mol. The zero-order valence-electron chi connectivity index (χ0n) is 30.0. The van der Waals surface area contributed by atoms with Crippen LogP contribution in [-0.2, 0) is 10.8 Å². The van der Waals surface area contributed by atoms with Crippen LogP contribution in [0.3, 0.4) is 0 Å². The Labute approximate surface area is 310 Å². The van der Waals surface area contributed by atoms with Crippen LogP contribution in [0, 0.1) is 5.92 Å². The van der Waals surface area contributed by atoms with E-state index in [1.54, 1.807) is 33.6 Å². The summed E-state index contributed by atoms with van der Waals surface area (Å²) in [5.74, 6) is 1.42. The van der Waals surface area contributed by atoms with E-state index in [2.05, 4.69) is 129 Å². The Hall–Kier alpha value is -4.86. The highest BCUT2D eigenvalue weighted by Crippen LogP contribution is 2.63. The molecule has 5 aliphatic carbocycles. The molecular formula is C49H42N2S. The Morgan fingerprint density at radius 3 is 2.42 bits per heavy atom. The minimum absolute atomic E-state index is 0.000390. The third kappa shape index (κ3) is 4.29. The lowest BCUT2D eigenvalue weighted by Crippen LogP contribution is -2.34. The molecule has 0 N–H and O–H groups in total. The first-order valence-electron chi connectivity index (χ1n) is 19.4. The van der Waals surface area contributed by atoms with Crippen molar-refractivity contribution in [1.82, 2.24) is 9.97 Å². The van der Waals surface area contributed by atoms with Gasteiger partial charge in [0.2, 0.25) is 0 Å². The van der Waals surface area contributed by atoms with E-state index in [1.165, 1.54) is 76.4 Å². The molecule has 0 aliphatic heterocycles. The SMILES string of the molecule is CC1(C)C2=C(C(c3cccc(-c4nc(-c5ccccc5)c5c(n4)sc4ccccc45)c3)=CCC2)c2cc3c(cc21)C1=CC=CCC1C31CCCCC1. The van der Waals surface area contributed by atoms with Gasteiger partial charge >= 0.3 is 0 Å². The molecule has 0 bridgehead atoms. The van der Waals surface area contributed by atoms with Gasteiger partial charge in [0, 0.05) is 37.4 Å². The number of benzene rings is 4. The summed E-state index contributed by atoms with van der Waals surface area (Å²) in [4.78, 5) is 11.7.